The predicted molar refractivity (Wildman–Crippen MR) is 71.4 cm³/mol. The van der Waals surface area contributed by atoms with E-state index in [9.17, 15) is 4.79 Å². The van der Waals surface area contributed by atoms with Crippen LogP contribution < -0.4 is 10.5 Å². The summed E-state index contributed by atoms with van der Waals surface area (Å²) in [6, 6.07) is 7.42. The fourth-order valence-corrected chi connectivity index (χ4v) is 1.51. The number of nitrogens with two attached hydrogens (primary N) is 1. The normalized spacial score (nSPS) is 13.4. The van der Waals surface area contributed by atoms with Gasteiger partial charge in [0.05, 0.1) is 0 Å². The van der Waals surface area contributed by atoms with Crippen LogP contribution in [0.2, 0.25) is 0 Å². The van der Waals surface area contributed by atoms with Gasteiger partial charge in [-0.25, -0.2) is 0 Å². The smallest absolute Gasteiger partial charge is 0.308 e. The van der Waals surface area contributed by atoms with E-state index in [0.717, 1.165) is 12.0 Å². The summed E-state index contributed by atoms with van der Waals surface area (Å²) in [5.74, 6) is 0.700. The Balaban J connectivity index is 0.00000256. The van der Waals surface area contributed by atoms with Gasteiger partial charge in [-0.15, -0.1) is 12.4 Å². The van der Waals surface area contributed by atoms with Gasteiger partial charge in [-0.3, -0.25) is 4.79 Å². The van der Waals surface area contributed by atoms with Crippen LogP contribution in [-0.4, -0.2) is 5.97 Å². The molecule has 0 bridgehead atoms. The molecule has 0 aliphatic rings. The first-order chi connectivity index (χ1) is 7.54. The van der Waals surface area contributed by atoms with E-state index in [4.69, 9.17) is 10.5 Å². The maximum Gasteiger partial charge on any atom is 0.308 e. The lowest BCUT2D eigenvalue weighted by atomic mass is 9.93. The van der Waals surface area contributed by atoms with Gasteiger partial charge in [0.2, 0.25) is 0 Å². The average Bonchev–Trinajstić information content (AvgIpc) is 2.27. The van der Waals surface area contributed by atoms with Crippen molar-refractivity contribution in [3.63, 3.8) is 0 Å². The highest BCUT2D eigenvalue weighted by Crippen LogP contribution is 2.23. The zero-order valence-electron chi connectivity index (χ0n) is 10.5. The largest absolute Gasteiger partial charge is 0.427 e. The Bertz CT molecular complexity index is 351. The molecule has 0 spiro atoms. The van der Waals surface area contributed by atoms with E-state index in [1.54, 1.807) is 12.1 Å². The molecule has 2 N–H and O–H groups in total. The van der Waals surface area contributed by atoms with Crippen LogP contribution in [0.1, 0.15) is 38.8 Å². The monoisotopic (exact) mass is 257 g/mol. The Kier molecular flexibility index (Phi) is 6.85. The van der Waals surface area contributed by atoms with Crippen molar-refractivity contribution in [3.05, 3.63) is 29.8 Å². The second-order valence-corrected chi connectivity index (χ2v) is 4.07. The van der Waals surface area contributed by atoms with Crippen LogP contribution in [0, 0.1) is 5.92 Å². The van der Waals surface area contributed by atoms with Gasteiger partial charge in [0, 0.05) is 13.0 Å². The van der Waals surface area contributed by atoms with Gasteiger partial charge in [-0.2, -0.15) is 0 Å². The summed E-state index contributed by atoms with van der Waals surface area (Å²) >= 11 is 0. The first kappa shape index (κ1) is 15.9. The lowest BCUT2D eigenvalue weighted by Gasteiger charge is -2.18. The molecule has 3 nitrogen and oxygen atoms in total. The zero-order valence-corrected chi connectivity index (χ0v) is 11.3. The molecule has 0 saturated carbocycles. The van der Waals surface area contributed by atoms with E-state index < -0.39 is 0 Å². The molecule has 2 atom stereocenters. The van der Waals surface area contributed by atoms with E-state index in [1.165, 1.54) is 6.92 Å². The predicted octanol–water partition coefficient (Wildman–Crippen LogP) is 3.08. The number of rotatable bonds is 4. The van der Waals surface area contributed by atoms with E-state index in [2.05, 4.69) is 13.8 Å². The molecule has 1 rings (SSSR count). The SMILES string of the molecule is CCC(C)[C@@H](N)c1ccc(OC(C)=O)cc1.Cl. The highest BCUT2D eigenvalue weighted by molar-refractivity contribution is 5.85. The Hall–Kier alpha value is -1.06. The first-order valence-corrected chi connectivity index (χ1v) is 5.58. The lowest BCUT2D eigenvalue weighted by Crippen LogP contribution is -2.18. The minimum absolute atomic E-state index is 0. The van der Waals surface area contributed by atoms with Crippen molar-refractivity contribution in [3.8, 4) is 5.75 Å². The van der Waals surface area contributed by atoms with Crippen LogP contribution in [0.3, 0.4) is 0 Å². The van der Waals surface area contributed by atoms with Gasteiger partial charge >= 0.3 is 5.97 Å². The first-order valence-electron chi connectivity index (χ1n) is 5.58. The molecule has 0 radical (unpaired) electrons. The number of carbonyl (C=O) groups is 1. The van der Waals surface area contributed by atoms with Crippen LogP contribution in [-0.2, 0) is 4.79 Å². The third kappa shape index (κ3) is 4.75. The molecule has 0 heterocycles. The van der Waals surface area contributed by atoms with E-state index in [1.807, 2.05) is 12.1 Å². The van der Waals surface area contributed by atoms with Crippen LogP contribution in [0.25, 0.3) is 0 Å². The molecule has 0 aliphatic heterocycles. The molecule has 0 saturated heterocycles. The van der Waals surface area contributed by atoms with Gasteiger partial charge in [-0.1, -0.05) is 32.4 Å². The van der Waals surface area contributed by atoms with E-state index in [-0.39, 0.29) is 24.4 Å². The molecule has 1 unspecified atom stereocenters. The topological polar surface area (TPSA) is 52.3 Å². The minimum Gasteiger partial charge on any atom is -0.427 e. The van der Waals surface area contributed by atoms with Crippen molar-refractivity contribution in [1.82, 2.24) is 0 Å². The van der Waals surface area contributed by atoms with Crippen molar-refractivity contribution in [2.75, 3.05) is 0 Å². The molecule has 0 aromatic heterocycles. The number of halogens is 1. The number of hydrogen-bond donors (Lipinski definition) is 1. The summed E-state index contributed by atoms with van der Waals surface area (Å²) in [5, 5.41) is 0. The highest BCUT2D eigenvalue weighted by atomic mass is 35.5. The fraction of sp³-hybridized carbons (Fsp3) is 0.462. The molecule has 1 aromatic carbocycles. The van der Waals surface area contributed by atoms with Gasteiger partial charge in [-0.05, 0) is 23.6 Å². The summed E-state index contributed by atoms with van der Waals surface area (Å²) in [4.78, 5) is 10.7. The molecule has 0 fully saturated rings. The molecule has 4 heteroatoms. The molecule has 96 valence electrons. The molecule has 0 aliphatic carbocycles. The standard InChI is InChI=1S/C13H19NO2.ClH/c1-4-9(2)13(14)11-5-7-12(8-6-11)16-10(3)15;/h5-9,13H,4,14H2,1-3H3;1H/t9?,13-;/m1./s1. The maximum atomic E-state index is 10.7. The Labute approximate surface area is 109 Å². The Morgan fingerprint density at radius 2 is 1.88 bits per heavy atom. The van der Waals surface area contributed by atoms with Crippen molar-refractivity contribution >= 4 is 18.4 Å². The maximum absolute atomic E-state index is 10.7. The van der Waals surface area contributed by atoms with Gasteiger partial charge in [0.25, 0.3) is 0 Å². The second-order valence-electron chi connectivity index (χ2n) is 4.07. The number of benzene rings is 1. The Morgan fingerprint density at radius 3 is 2.29 bits per heavy atom. The average molecular weight is 258 g/mol. The van der Waals surface area contributed by atoms with Crippen molar-refractivity contribution in [1.29, 1.82) is 0 Å². The van der Waals surface area contributed by atoms with Crippen LogP contribution in [0.5, 0.6) is 5.75 Å². The molecular formula is C13H20ClNO2. The minimum atomic E-state index is -0.307. The molecular weight excluding hydrogens is 238 g/mol. The molecule has 17 heavy (non-hydrogen) atoms. The summed E-state index contributed by atoms with van der Waals surface area (Å²) in [6.45, 7) is 5.64. The Morgan fingerprint density at radius 1 is 1.35 bits per heavy atom. The summed E-state index contributed by atoms with van der Waals surface area (Å²) in [6.07, 6.45) is 1.05. The zero-order chi connectivity index (χ0) is 12.1. The molecule has 0 amide bonds. The van der Waals surface area contributed by atoms with Crippen LogP contribution in [0.4, 0.5) is 0 Å². The fourth-order valence-electron chi connectivity index (χ4n) is 1.51. The highest BCUT2D eigenvalue weighted by Gasteiger charge is 2.12. The second kappa shape index (κ2) is 7.30. The number of ether oxygens (including phenoxy) is 1. The summed E-state index contributed by atoms with van der Waals surface area (Å²) in [7, 11) is 0. The number of hydrogen-bond acceptors (Lipinski definition) is 3. The van der Waals surface area contributed by atoms with Crippen LogP contribution in [0.15, 0.2) is 24.3 Å². The molecule has 1 aromatic rings. The van der Waals surface area contributed by atoms with E-state index >= 15 is 0 Å². The third-order valence-electron chi connectivity index (χ3n) is 2.78. The summed E-state index contributed by atoms with van der Waals surface area (Å²) in [5.41, 5.74) is 7.17. The summed E-state index contributed by atoms with van der Waals surface area (Å²) < 4.78 is 4.96. The van der Waals surface area contributed by atoms with Crippen LogP contribution >= 0.6 is 12.4 Å². The van der Waals surface area contributed by atoms with Gasteiger partial charge in [0.15, 0.2) is 0 Å². The van der Waals surface area contributed by atoms with Crippen molar-refractivity contribution < 1.29 is 9.53 Å². The van der Waals surface area contributed by atoms with Gasteiger partial charge in [0.1, 0.15) is 5.75 Å². The number of esters is 1. The third-order valence-corrected chi connectivity index (χ3v) is 2.78. The quantitative estimate of drug-likeness (QED) is 0.666. The van der Waals surface area contributed by atoms with Gasteiger partial charge < -0.3 is 10.5 Å². The lowest BCUT2D eigenvalue weighted by molar-refractivity contribution is -0.131. The van der Waals surface area contributed by atoms with E-state index in [0.29, 0.717) is 11.7 Å². The van der Waals surface area contributed by atoms with Crippen molar-refractivity contribution in [2.24, 2.45) is 11.7 Å². The number of carbonyl (C=O) groups excluding carboxylic acids is 1. The van der Waals surface area contributed by atoms with Crippen molar-refractivity contribution in [2.45, 2.75) is 33.2 Å².